The molecule has 0 N–H and O–H groups in total. The Balaban J connectivity index is 1.24. The molecule has 3 heterocycles. The van der Waals surface area contributed by atoms with Crippen LogP contribution in [0.3, 0.4) is 0 Å². The van der Waals surface area contributed by atoms with Gasteiger partial charge in [0.25, 0.3) is 11.8 Å². The number of benzene rings is 2. The molecule has 9 heteroatoms. The van der Waals surface area contributed by atoms with Crippen molar-refractivity contribution in [2.45, 2.75) is 25.8 Å². The van der Waals surface area contributed by atoms with Gasteiger partial charge in [0, 0.05) is 18.7 Å². The topological polar surface area (TPSA) is 99.2 Å². The predicted molar refractivity (Wildman–Crippen MR) is 121 cm³/mol. The summed E-state index contributed by atoms with van der Waals surface area (Å²) >= 11 is 0. The van der Waals surface area contributed by atoms with E-state index in [2.05, 4.69) is 20.5 Å². The first-order chi connectivity index (χ1) is 16.2. The van der Waals surface area contributed by atoms with Gasteiger partial charge in [0.05, 0.1) is 24.4 Å². The highest BCUT2D eigenvalue weighted by atomic mass is 16.5. The molecule has 33 heavy (non-hydrogen) atoms. The molecule has 0 radical (unpaired) electrons. The van der Waals surface area contributed by atoms with Crippen molar-refractivity contribution in [2.24, 2.45) is 0 Å². The highest BCUT2D eigenvalue weighted by Gasteiger charge is 2.27. The van der Waals surface area contributed by atoms with Crippen molar-refractivity contribution >= 4 is 5.91 Å². The molecule has 1 aliphatic heterocycles. The Morgan fingerprint density at radius 2 is 1.85 bits per heavy atom. The second-order valence-corrected chi connectivity index (χ2v) is 7.83. The molecule has 1 amide bonds. The van der Waals surface area contributed by atoms with Crippen molar-refractivity contribution < 1.29 is 14.1 Å². The maximum Gasteiger partial charge on any atom is 0.280 e. The molecule has 1 saturated heterocycles. The summed E-state index contributed by atoms with van der Waals surface area (Å²) in [6.45, 7) is 3.71. The van der Waals surface area contributed by atoms with Gasteiger partial charge in [0.2, 0.25) is 5.82 Å². The average molecular weight is 444 g/mol. The van der Waals surface area contributed by atoms with Crippen LogP contribution in [0.5, 0.6) is 5.75 Å². The van der Waals surface area contributed by atoms with Gasteiger partial charge in [-0.2, -0.15) is 4.98 Å². The fourth-order valence-electron chi connectivity index (χ4n) is 4.01. The number of aromatic nitrogens is 5. The van der Waals surface area contributed by atoms with Crippen LogP contribution in [0, 0.1) is 0 Å². The van der Waals surface area contributed by atoms with Crippen LogP contribution in [0.15, 0.2) is 65.3 Å². The van der Waals surface area contributed by atoms with Crippen LogP contribution in [-0.4, -0.2) is 55.6 Å². The molecule has 1 fully saturated rings. The fourth-order valence-corrected chi connectivity index (χ4v) is 4.01. The minimum absolute atomic E-state index is 0.00363. The van der Waals surface area contributed by atoms with Crippen molar-refractivity contribution in [3.05, 3.63) is 66.4 Å². The third kappa shape index (κ3) is 4.34. The average Bonchev–Trinajstić information content (AvgIpc) is 3.55. The Morgan fingerprint density at radius 1 is 1.09 bits per heavy atom. The van der Waals surface area contributed by atoms with E-state index in [-0.39, 0.29) is 11.9 Å². The minimum Gasteiger partial charge on any atom is -0.493 e. The zero-order valence-corrected chi connectivity index (χ0v) is 18.3. The van der Waals surface area contributed by atoms with Gasteiger partial charge in [-0.1, -0.05) is 52.8 Å². The highest BCUT2D eigenvalue weighted by Crippen LogP contribution is 2.27. The number of hydrogen-bond donors (Lipinski definition) is 0. The van der Waals surface area contributed by atoms with Crippen molar-refractivity contribution in [3.8, 4) is 28.7 Å². The molecule has 0 spiro atoms. The zero-order chi connectivity index (χ0) is 22.6. The monoisotopic (exact) mass is 444 g/mol. The minimum atomic E-state index is -0.00363. The summed E-state index contributed by atoms with van der Waals surface area (Å²) in [5.41, 5.74) is 2.02. The fraction of sp³-hybridized carbons (Fsp3) is 0.292. The van der Waals surface area contributed by atoms with E-state index in [9.17, 15) is 4.79 Å². The van der Waals surface area contributed by atoms with E-state index in [1.54, 1.807) is 0 Å². The lowest BCUT2D eigenvalue weighted by molar-refractivity contribution is 0.0685. The summed E-state index contributed by atoms with van der Waals surface area (Å²) in [4.78, 5) is 19.3. The number of piperidine rings is 1. The van der Waals surface area contributed by atoms with Gasteiger partial charge in [0.15, 0.2) is 5.69 Å². The van der Waals surface area contributed by atoms with Gasteiger partial charge in [-0.05, 0) is 31.9 Å². The highest BCUT2D eigenvalue weighted by molar-refractivity contribution is 5.97. The molecule has 0 atom stereocenters. The van der Waals surface area contributed by atoms with E-state index in [0.717, 1.165) is 18.4 Å². The van der Waals surface area contributed by atoms with Gasteiger partial charge in [-0.15, -0.1) is 5.10 Å². The van der Waals surface area contributed by atoms with Gasteiger partial charge in [-0.25, -0.2) is 4.68 Å². The molecule has 168 valence electrons. The first-order valence-electron chi connectivity index (χ1n) is 11.1. The Labute approximate surface area is 191 Å². The van der Waals surface area contributed by atoms with E-state index < -0.39 is 0 Å². The molecule has 4 aromatic rings. The quantitative estimate of drug-likeness (QED) is 0.445. The predicted octanol–water partition coefficient (Wildman–Crippen LogP) is 3.87. The number of hydrogen-bond acceptors (Lipinski definition) is 7. The SMILES string of the molecule is CCOc1ccccc1C(=O)N1CCC(n2cc(-c3nc(-c4ccccc4)no3)nn2)CC1. The third-order valence-corrected chi connectivity index (χ3v) is 5.73. The van der Waals surface area contributed by atoms with Crippen LogP contribution in [0.1, 0.15) is 36.2 Å². The maximum absolute atomic E-state index is 13.0. The molecule has 0 bridgehead atoms. The Morgan fingerprint density at radius 3 is 2.64 bits per heavy atom. The Kier molecular flexibility index (Phi) is 5.84. The largest absolute Gasteiger partial charge is 0.493 e. The van der Waals surface area contributed by atoms with Gasteiger partial charge in [-0.3, -0.25) is 4.79 Å². The van der Waals surface area contributed by atoms with Crippen LogP contribution in [0.4, 0.5) is 0 Å². The second-order valence-electron chi connectivity index (χ2n) is 7.83. The van der Waals surface area contributed by atoms with Gasteiger partial charge >= 0.3 is 0 Å². The molecule has 9 nitrogen and oxygen atoms in total. The lowest BCUT2D eigenvalue weighted by atomic mass is 10.0. The first kappa shape index (κ1) is 20.9. The van der Waals surface area contributed by atoms with E-state index in [1.807, 2.05) is 77.3 Å². The van der Waals surface area contributed by atoms with Crippen LogP contribution < -0.4 is 4.74 Å². The molecule has 0 unspecified atom stereocenters. The number of nitrogens with zero attached hydrogens (tertiary/aromatic N) is 6. The van der Waals surface area contributed by atoms with E-state index in [0.29, 0.717) is 48.4 Å². The Hall–Kier alpha value is -4.01. The number of ether oxygens (including phenoxy) is 1. The maximum atomic E-state index is 13.0. The molecule has 0 aliphatic carbocycles. The van der Waals surface area contributed by atoms with Gasteiger partial charge < -0.3 is 14.2 Å². The third-order valence-electron chi connectivity index (χ3n) is 5.73. The molecular formula is C24H24N6O3. The van der Waals surface area contributed by atoms with Crippen LogP contribution in [0.25, 0.3) is 23.0 Å². The molecule has 1 aliphatic rings. The molecule has 5 rings (SSSR count). The molecule has 2 aromatic heterocycles. The van der Waals surface area contributed by atoms with E-state index >= 15 is 0 Å². The molecule has 0 saturated carbocycles. The lowest BCUT2D eigenvalue weighted by Gasteiger charge is -2.32. The number of likely N-dealkylation sites (tertiary alicyclic amines) is 1. The summed E-state index contributed by atoms with van der Waals surface area (Å²) in [5, 5.41) is 12.5. The van der Waals surface area contributed by atoms with Crippen LogP contribution in [0.2, 0.25) is 0 Å². The first-order valence-corrected chi connectivity index (χ1v) is 11.1. The smallest absolute Gasteiger partial charge is 0.280 e. The number of carbonyl (C=O) groups is 1. The summed E-state index contributed by atoms with van der Waals surface area (Å²) in [6, 6.07) is 17.2. The van der Waals surface area contributed by atoms with E-state index in [4.69, 9.17) is 9.26 Å². The van der Waals surface area contributed by atoms with Crippen LogP contribution in [-0.2, 0) is 0 Å². The summed E-state index contributed by atoms with van der Waals surface area (Å²) < 4.78 is 12.8. The summed E-state index contributed by atoms with van der Waals surface area (Å²) in [6.07, 6.45) is 3.39. The lowest BCUT2D eigenvalue weighted by Crippen LogP contribution is -2.39. The molecular weight excluding hydrogens is 420 g/mol. The number of para-hydroxylation sites is 1. The number of amides is 1. The van der Waals surface area contributed by atoms with Crippen molar-refractivity contribution in [1.29, 1.82) is 0 Å². The number of carbonyl (C=O) groups excluding carboxylic acids is 1. The Bertz CT molecular complexity index is 1230. The summed E-state index contributed by atoms with van der Waals surface area (Å²) in [5.74, 6) is 1.47. The second kappa shape index (κ2) is 9.23. The normalized spacial score (nSPS) is 14.4. The van der Waals surface area contributed by atoms with Crippen molar-refractivity contribution in [3.63, 3.8) is 0 Å². The standard InChI is InChI=1S/C24H24N6O3/c1-2-32-21-11-7-6-10-19(21)24(31)29-14-12-18(13-15-29)30-16-20(26-28-30)23-25-22(27-33-23)17-8-4-3-5-9-17/h3-11,16,18H,2,12-15H2,1H3. The van der Waals surface area contributed by atoms with Crippen molar-refractivity contribution in [1.82, 2.24) is 30.0 Å². The van der Waals surface area contributed by atoms with Crippen molar-refractivity contribution in [2.75, 3.05) is 19.7 Å². The van der Waals surface area contributed by atoms with Gasteiger partial charge in [0.1, 0.15) is 5.75 Å². The molecule has 2 aromatic carbocycles. The van der Waals surface area contributed by atoms with Crippen LogP contribution >= 0.6 is 0 Å². The number of rotatable bonds is 6. The summed E-state index contributed by atoms with van der Waals surface area (Å²) in [7, 11) is 0. The zero-order valence-electron chi connectivity index (χ0n) is 18.3. The van der Waals surface area contributed by atoms with E-state index in [1.165, 1.54) is 0 Å².